The number of hydrogen-bond donors (Lipinski definition) is 2. The highest BCUT2D eigenvalue weighted by Gasteiger charge is 2.22. The normalized spacial score (nSPS) is 15.2. The number of furan rings is 1. The second-order valence-electron chi connectivity index (χ2n) is 6.10. The zero-order valence-corrected chi connectivity index (χ0v) is 16.7. The number of aliphatic hydroxyl groups is 1. The van der Waals surface area contributed by atoms with Gasteiger partial charge in [0, 0.05) is 41.9 Å². The SMILES string of the molecule is O=S1CCN(c2nc(NCCO)nc3c(SCc4ccco4)ncnc23)CC1. The van der Waals surface area contributed by atoms with Gasteiger partial charge in [-0.25, -0.2) is 15.0 Å². The predicted molar refractivity (Wildman–Crippen MR) is 109 cm³/mol. The van der Waals surface area contributed by atoms with E-state index in [1.165, 1.54) is 18.1 Å². The molecule has 1 saturated heterocycles. The quantitative estimate of drug-likeness (QED) is 0.427. The summed E-state index contributed by atoms with van der Waals surface area (Å²) in [6.07, 6.45) is 3.16. The van der Waals surface area contributed by atoms with Gasteiger partial charge in [-0.1, -0.05) is 11.8 Å². The highest BCUT2D eigenvalue weighted by molar-refractivity contribution is 7.98. The van der Waals surface area contributed by atoms with E-state index in [4.69, 9.17) is 9.52 Å². The summed E-state index contributed by atoms with van der Waals surface area (Å²) in [5, 5.41) is 12.9. The van der Waals surface area contributed by atoms with Gasteiger partial charge in [0.2, 0.25) is 5.95 Å². The Morgan fingerprint density at radius 1 is 1.25 bits per heavy atom. The van der Waals surface area contributed by atoms with Crippen LogP contribution in [-0.2, 0) is 16.6 Å². The van der Waals surface area contributed by atoms with Crippen molar-refractivity contribution >= 4 is 45.4 Å². The molecule has 0 spiro atoms. The third-order valence-electron chi connectivity index (χ3n) is 4.23. The lowest BCUT2D eigenvalue weighted by Gasteiger charge is -2.28. The van der Waals surface area contributed by atoms with Crippen molar-refractivity contribution in [2.24, 2.45) is 0 Å². The van der Waals surface area contributed by atoms with Crippen molar-refractivity contribution in [3.8, 4) is 0 Å². The van der Waals surface area contributed by atoms with Gasteiger partial charge in [-0.15, -0.1) is 0 Å². The van der Waals surface area contributed by atoms with Crippen LogP contribution in [0.4, 0.5) is 11.8 Å². The Labute approximate surface area is 168 Å². The first-order chi connectivity index (χ1) is 13.7. The Bertz CT molecular complexity index is 959. The van der Waals surface area contributed by atoms with E-state index in [0.29, 0.717) is 59.7 Å². The van der Waals surface area contributed by atoms with Crippen molar-refractivity contribution in [1.82, 2.24) is 19.9 Å². The van der Waals surface area contributed by atoms with Crippen LogP contribution >= 0.6 is 11.8 Å². The lowest BCUT2D eigenvalue weighted by atomic mass is 10.3. The number of fused-ring (bicyclic) bond motifs is 1. The molecule has 0 radical (unpaired) electrons. The van der Waals surface area contributed by atoms with E-state index in [1.54, 1.807) is 6.26 Å². The number of anilines is 2. The zero-order valence-electron chi connectivity index (χ0n) is 15.1. The largest absolute Gasteiger partial charge is 0.468 e. The first kappa shape index (κ1) is 19.1. The van der Waals surface area contributed by atoms with Crippen LogP contribution in [0.5, 0.6) is 0 Å². The maximum absolute atomic E-state index is 11.7. The maximum Gasteiger partial charge on any atom is 0.225 e. The number of thioether (sulfide) groups is 1. The van der Waals surface area contributed by atoms with E-state index < -0.39 is 10.8 Å². The number of aliphatic hydroxyl groups excluding tert-OH is 1. The second kappa shape index (κ2) is 8.84. The first-order valence-electron chi connectivity index (χ1n) is 8.87. The topological polar surface area (TPSA) is 117 Å². The molecule has 4 heterocycles. The van der Waals surface area contributed by atoms with Crippen LogP contribution in [0.1, 0.15) is 5.76 Å². The van der Waals surface area contributed by atoms with E-state index in [0.717, 1.165) is 10.8 Å². The van der Waals surface area contributed by atoms with E-state index in [9.17, 15) is 4.21 Å². The molecule has 0 saturated carbocycles. The summed E-state index contributed by atoms with van der Waals surface area (Å²) in [6, 6.07) is 3.77. The molecule has 0 bridgehead atoms. The molecule has 0 aromatic carbocycles. The summed E-state index contributed by atoms with van der Waals surface area (Å²) >= 11 is 1.52. The third-order valence-corrected chi connectivity index (χ3v) is 6.51. The van der Waals surface area contributed by atoms with Gasteiger partial charge in [-0.05, 0) is 12.1 Å². The fraction of sp³-hybridized carbons (Fsp3) is 0.412. The van der Waals surface area contributed by atoms with Crippen LogP contribution in [0.2, 0.25) is 0 Å². The minimum absolute atomic E-state index is 0.0230. The Balaban J connectivity index is 1.71. The molecule has 28 heavy (non-hydrogen) atoms. The predicted octanol–water partition coefficient (Wildman–Crippen LogP) is 1.28. The molecule has 4 rings (SSSR count). The van der Waals surface area contributed by atoms with Crippen LogP contribution < -0.4 is 10.2 Å². The highest BCUT2D eigenvalue weighted by atomic mass is 32.2. The molecule has 3 aromatic rings. The minimum atomic E-state index is -0.784. The van der Waals surface area contributed by atoms with E-state index >= 15 is 0 Å². The molecule has 11 heteroatoms. The van der Waals surface area contributed by atoms with Crippen molar-refractivity contribution in [1.29, 1.82) is 0 Å². The maximum atomic E-state index is 11.7. The number of nitrogens with zero attached hydrogens (tertiary/aromatic N) is 5. The van der Waals surface area contributed by atoms with Gasteiger partial charge in [0.1, 0.15) is 28.1 Å². The van der Waals surface area contributed by atoms with Crippen molar-refractivity contribution in [3.05, 3.63) is 30.5 Å². The molecule has 9 nitrogen and oxygen atoms in total. The van der Waals surface area contributed by atoms with E-state index in [2.05, 4.69) is 30.2 Å². The first-order valence-corrected chi connectivity index (χ1v) is 11.3. The van der Waals surface area contributed by atoms with E-state index in [1.807, 2.05) is 12.1 Å². The van der Waals surface area contributed by atoms with Crippen LogP contribution in [0, 0.1) is 0 Å². The van der Waals surface area contributed by atoms with Gasteiger partial charge in [0.15, 0.2) is 5.82 Å². The standard InChI is InChI=1S/C17H20N6O3S2/c24-6-3-18-17-21-14-13(15(22-17)23-4-8-28(25)9-5-23)19-11-20-16(14)27-10-12-2-1-7-26-12/h1-2,7,11,24H,3-6,8-10H2,(H,18,21,22). The van der Waals surface area contributed by atoms with Gasteiger partial charge in [0.25, 0.3) is 0 Å². The number of rotatable bonds is 7. The number of hydrogen-bond acceptors (Lipinski definition) is 10. The molecule has 148 valence electrons. The summed E-state index contributed by atoms with van der Waals surface area (Å²) < 4.78 is 17.1. The molecule has 0 aliphatic carbocycles. The monoisotopic (exact) mass is 420 g/mol. The molecule has 3 aromatic heterocycles. The van der Waals surface area contributed by atoms with Crippen molar-refractivity contribution in [3.63, 3.8) is 0 Å². The number of nitrogens with one attached hydrogen (secondary N) is 1. The van der Waals surface area contributed by atoms with Crippen molar-refractivity contribution in [2.75, 3.05) is 48.0 Å². The van der Waals surface area contributed by atoms with Crippen LogP contribution in [0.15, 0.2) is 34.2 Å². The van der Waals surface area contributed by atoms with Crippen LogP contribution in [0.3, 0.4) is 0 Å². The molecular formula is C17H20N6O3S2. The minimum Gasteiger partial charge on any atom is -0.468 e. The fourth-order valence-corrected chi connectivity index (χ4v) is 4.76. The van der Waals surface area contributed by atoms with Crippen molar-refractivity contribution < 1.29 is 13.7 Å². The van der Waals surface area contributed by atoms with Crippen LogP contribution in [-0.4, -0.2) is 67.0 Å². The molecule has 2 N–H and O–H groups in total. The summed E-state index contributed by atoms with van der Waals surface area (Å²) in [6.45, 7) is 1.62. The highest BCUT2D eigenvalue weighted by Crippen LogP contribution is 2.31. The van der Waals surface area contributed by atoms with Crippen molar-refractivity contribution in [2.45, 2.75) is 10.8 Å². The fourth-order valence-electron chi connectivity index (χ4n) is 2.87. The molecule has 1 aliphatic heterocycles. The summed E-state index contributed by atoms with van der Waals surface area (Å²) in [5.41, 5.74) is 1.32. The molecule has 0 unspecified atom stereocenters. The Kier molecular flexibility index (Phi) is 6.03. The Morgan fingerprint density at radius 3 is 2.86 bits per heavy atom. The molecular weight excluding hydrogens is 400 g/mol. The van der Waals surface area contributed by atoms with Gasteiger partial charge in [0.05, 0.1) is 18.6 Å². The molecule has 0 amide bonds. The van der Waals surface area contributed by atoms with E-state index in [-0.39, 0.29) is 6.61 Å². The zero-order chi connectivity index (χ0) is 19.3. The molecule has 0 atom stereocenters. The van der Waals surface area contributed by atoms with Gasteiger partial charge in [-0.3, -0.25) is 4.21 Å². The number of aromatic nitrogens is 4. The Morgan fingerprint density at radius 2 is 2.11 bits per heavy atom. The lowest BCUT2D eigenvalue weighted by molar-refractivity contribution is 0.311. The van der Waals surface area contributed by atoms with Gasteiger partial charge >= 0.3 is 0 Å². The second-order valence-corrected chi connectivity index (χ2v) is 8.76. The Hall–Kier alpha value is -2.24. The van der Waals surface area contributed by atoms with Crippen LogP contribution in [0.25, 0.3) is 11.0 Å². The smallest absolute Gasteiger partial charge is 0.225 e. The lowest BCUT2D eigenvalue weighted by Crippen LogP contribution is -2.38. The molecule has 1 aliphatic rings. The summed E-state index contributed by atoms with van der Waals surface area (Å²) in [7, 11) is -0.784. The third kappa shape index (κ3) is 4.26. The summed E-state index contributed by atoms with van der Waals surface area (Å²) in [5.74, 6) is 3.80. The summed E-state index contributed by atoms with van der Waals surface area (Å²) in [4.78, 5) is 20.1. The average Bonchev–Trinajstić information content (AvgIpc) is 3.24. The molecule has 1 fully saturated rings. The average molecular weight is 421 g/mol. The van der Waals surface area contributed by atoms with Gasteiger partial charge < -0.3 is 19.7 Å². The van der Waals surface area contributed by atoms with Gasteiger partial charge in [-0.2, -0.15) is 4.98 Å².